The Balaban J connectivity index is 1.90. The number of rotatable bonds is 4. The Hall–Kier alpha value is -1.49. The maximum atomic E-state index is 13.4. The van der Waals surface area contributed by atoms with Crippen LogP contribution in [0.4, 0.5) is 10.2 Å². The van der Waals surface area contributed by atoms with Gasteiger partial charge in [-0.3, -0.25) is 4.98 Å². The van der Waals surface area contributed by atoms with Gasteiger partial charge in [0.2, 0.25) is 0 Å². The highest BCUT2D eigenvalue weighted by atomic mass is 79.9. The van der Waals surface area contributed by atoms with Crippen molar-refractivity contribution in [1.29, 1.82) is 0 Å². The summed E-state index contributed by atoms with van der Waals surface area (Å²) in [4.78, 5) is 7.90. The highest BCUT2D eigenvalue weighted by molar-refractivity contribution is 9.10. The fourth-order valence-corrected chi connectivity index (χ4v) is 1.72. The Kier molecular flexibility index (Phi) is 4.03. The Morgan fingerprint density at radius 2 is 2.06 bits per heavy atom. The van der Waals surface area contributed by atoms with Crippen LogP contribution < -0.4 is 5.32 Å². The molecule has 2 rings (SSSR count). The zero-order valence-corrected chi connectivity index (χ0v) is 10.6. The highest BCUT2D eigenvalue weighted by Crippen LogP contribution is 2.15. The summed E-state index contributed by atoms with van der Waals surface area (Å²) in [7, 11) is 0. The molecule has 0 aliphatic rings. The van der Waals surface area contributed by atoms with E-state index in [0.717, 1.165) is 12.0 Å². The van der Waals surface area contributed by atoms with Crippen LogP contribution in [0.15, 0.2) is 41.3 Å². The van der Waals surface area contributed by atoms with E-state index in [9.17, 15) is 4.39 Å². The minimum absolute atomic E-state index is 0.280. The Morgan fingerprint density at radius 3 is 2.76 bits per heavy atom. The molecule has 0 spiro atoms. The van der Waals surface area contributed by atoms with E-state index in [4.69, 9.17) is 0 Å². The summed E-state index contributed by atoms with van der Waals surface area (Å²) in [6.07, 6.45) is 5.86. The number of nitrogens with one attached hydrogen (secondary N) is 1. The third kappa shape index (κ3) is 3.49. The van der Waals surface area contributed by atoms with Gasteiger partial charge in [0.05, 0.1) is 0 Å². The molecule has 0 unspecified atom stereocenters. The van der Waals surface area contributed by atoms with Crippen molar-refractivity contribution in [2.75, 3.05) is 11.9 Å². The summed E-state index contributed by atoms with van der Waals surface area (Å²) in [6.45, 7) is 0.634. The maximum absolute atomic E-state index is 13.4. The molecule has 0 atom stereocenters. The summed E-state index contributed by atoms with van der Waals surface area (Å²) < 4.78 is 14.0. The van der Waals surface area contributed by atoms with E-state index in [2.05, 4.69) is 31.2 Å². The molecule has 0 aromatic carbocycles. The Labute approximate surface area is 107 Å². The monoisotopic (exact) mass is 295 g/mol. The van der Waals surface area contributed by atoms with Crippen molar-refractivity contribution in [2.24, 2.45) is 0 Å². The SMILES string of the molecule is Fc1cc(Br)cnc1NCCc1ccncc1. The molecule has 0 aliphatic heterocycles. The van der Waals surface area contributed by atoms with Crippen LogP contribution in [0.1, 0.15) is 5.56 Å². The van der Waals surface area contributed by atoms with E-state index in [-0.39, 0.29) is 11.6 Å². The predicted octanol–water partition coefficient (Wildman–Crippen LogP) is 3.03. The van der Waals surface area contributed by atoms with Crippen LogP contribution in [0.25, 0.3) is 0 Å². The molecule has 0 fully saturated rings. The van der Waals surface area contributed by atoms with Crippen LogP contribution in [0.3, 0.4) is 0 Å². The van der Waals surface area contributed by atoms with E-state index in [1.165, 1.54) is 6.07 Å². The Morgan fingerprint density at radius 1 is 1.29 bits per heavy atom. The number of hydrogen-bond acceptors (Lipinski definition) is 3. The fourth-order valence-electron chi connectivity index (χ4n) is 1.42. The van der Waals surface area contributed by atoms with Crippen LogP contribution in [0, 0.1) is 5.82 Å². The lowest BCUT2D eigenvalue weighted by Gasteiger charge is -2.06. The van der Waals surface area contributed by atoms with Gasteiger partial charge in [0, 0.05) is 29.6 Å². The van der Waals surface area contributed by atoms with E-state index in [1.807, 2.05) is 12.1 Å². The van der Waals surface area contributed by atoms with Gasteiger partial charge in [-0.05, 0) is 46.1 Å². The molecule has 1 N–H and O–H groups in total. The van der Waals surface area contributed by atoms with Crippen LogP contribution in [-0.2, 0) is 6.42 Å². The summed E-state index contributed by atoms with van der Waals surface area (Å²) in [5, 5.41) is 2.96. The van der Waals surface area contributed by atoms with Crippen molar-refractivity contribution in [2.45, 2.75) is 6.42 Å². The van der Waals surface area contributed by atoms with Crippen LogP contribution in [0.5, 0.6) is 0 Å². The molecule has 5 heteroatoms. The average Bonchev–Trinajstić information content (AvgIpc) is 2.33. The van der Waals surface area contributed by atoms with Gasteiger partial charge in [0.25, 0.3) is 0 Å². The van der Waals surface area contributed by atoms with E-state index >= 15 is 0 Å². The van der Waals surface area contributed by atoms with E-state index < -0.39 is 0 Å². The lowest BCUT2D eigenvalue weighted by atomic mass is 10.2. The van der Waals surface area contributed by atoms with Crippen molar-refractivity contribution in [3.8, 4) is 0 Å². The normalized spacial score (nSPS) is 10.2. The molecule has 0 saturated heterocycles. The predicted molar refractivity (Wildman–Crippen MR) is 68.3 cm³/mol. The molecule has 2 heterocycles. The van der Waals surface area contributed by atoms with Crippen LogP contribution in [0.2, 0.25) is 0 Å². The quantitative estimate of drug-likeness (QED) is 0.942. The first-order chi connectivity index (χ1) is 8.25. The largest absolute Gasteiger partial charge is 0.367 e. The number of halogens is 2. The average molecular weight is 296 g/mol. The van der Waals surface area contributed by atoms with Gasteiger partial charge in [-0.2, -0.15) is 0 Å². The summed E-state index contributed by atoms with van der Waals surface area (Å²) in [5.41, 5.74) is 1.16. The smallest absolute Gasteiger partial charge is 0.166 e. The molecule has 17 heavy (non-hydrogen) atoms. The number of aromatic nitrogens is 2. The molecule has 0 bridgehead atoms. The number of anilines is 1. The van der Waals surface area contributed by atoms with Crippen molar-refractivity contribution < 1.29 is 4.39 Å². The molecule has 88 valence electrons. The van der Waals surface area contributed by atoms with Crippen molar-refractivity contribution in [1.82, 2.24) is 9.97 Å². The summed E-state index contributed by atoms with van der Waals surface area (Å²) in [5.74, 6) is -0.0728. The molecule has 2 aromatic rings. The van der Waals surface area contributed by atoms with Crippen LogP contribution >= 0.6 is 15.9 Å². The lowest BCUT2D eigenvalue weighted by Crippen LogP contribution is -2.07. The van der Waals surface area contributed by atoms with Crippen LogP contribution in [-0.4, -0.2) is 16.5 Å². The molecule has 0 radical (unpaired) electrons. The Bertz CT molecular complexity index is 490. The molecular weight excluding hydrogens is 285 g/mol. The van der Waals surface area contributed by atoms with E-state index in [1.54, 1.807) is 18.6 Å². The number of nitrogens with zero attached hydrogens (tertiary/aromatic N) is 2. The van der Waals surface area contributed by atoms with Gasteiger partial charge in [-0.15, -0.1) is 0 Å². The maximum Gasteiger partial charge on any atom is 0.166 e. The zero-order valence-electron chi connectivity index (χ0n) is 9.03. The van der Waals surface area contributed by atoms with Crippen molar-refractivity contribution in [3.05, 3.63) is 52.6 Å². The van der Waals surface area contributed by atoms with Gasteiger partial charge in [0.1, 0.15) is 0 Å². The standard InChI is InChI=1S/C12H11BrFN3/c13-10-7-11(14)12(17-8-10)16-6-3-9-1-4-15-5-2-9/h1-2,4-5,7-8H,3,6H2,(H,16,17). The summed E-state index contributed by atoms with van der Waals surface area (Å²) in [6, 6.07) is 5.27. The first kappa shape index (κ1) is 12.0. The molecule has 0 amide bonds. The second-order valence-electron chi connectivity index (χ2n) is 3.52. The summed E-state index contributed by atoms with van der Waals surface area (Å²) >= 11 is 3.16. The van der Waals surface area contributed by atoms with Gasteiger partial charge in [0.15, 0.2) is 11.6 Å². The third-order valence-corrected chi connectivity index (χ3v) is 2.70. The van der Waals surface area contributed by atoms with Crippen molar-refractivity contribution in [3.63, 3.8) is 0 Å². The highest BCUT2D eigenvalue weighted by Gasteiger charge is 2.03. The van der Waals surface area contributed by atoms with Gasteiger partial charge < -0.3 is 5.32 Å². The minimum atomic E-state index is -0.353. The number of pyridine rings is 2. The number of hydrogen-bond donors (Lipinski definition) is 1. The minimum Gasteiger partial charge on any atom is -0.367 e. The molecule has 3 nitrogen and oxygen atoms in total. The molecule has 0 aliphatic carbocycles. The lowest BCUT2D eigenvalue weighted by molar-refractivity contribution is 0.623. The molecule has 2 aromatic heterocycles. The molecular formula is C12H11BrFN3. The first-order valence-electron chi connectivity index (χ1n) is 5.19. The van der Waals surface area contributed by atoms with Gasteiger partial charge in [-0.1, -0.05) is 0 Å². The second kappa shape index (κ2) is 5.72. The molecule has 0 saturated carbocycles. The third-order valence-electron chi connectivity index (χ3n) is 2.26. The topological polar surface area (TPSA) is 37.8 Å². The zero-order chi connectivity index (χ0) is 12.1. The van der Waals surface area contributed by atoms with Crippen molar-refractivity contribution >= 4 is 21.7 Å². The van der Waals surface area contributed by atoms with Gasteiger partial charge >= 0.3 is 0 Å². The van der Waals surface area contributed by atoms with Gasteiger partial charge in [-0.25, -0.2) is 9.37 Å². The second-order valence-corrected chi connectivity index (χ2v) is 4.43. The first-order valence-corrected chi connectivity index (χ1v) is 5.99. The van der Waals surface area contributed by atoms with E-state index in [0.29, 0.717) is 11.0 Å². The fraction of sp³-hybridized carbons (Fsp3) is 0.167.